The lowest BCUT2D eigenvalue weighted by Gasteiger charge is -2.44. The predicted octanol–water partition coefficient (Wildman–Crippen LogP) is 4.40. The van der Waals surface area contributed by atoms with Gasteiger partial charge in [-0.15, -0.1) is 0 Å². The fraction of sp³-hybridized carbons (Fsp3) is 0.450. The highest BCUT2D eigenvalue weighted by atomic mass is 32.1. The topological polar surface area (TPSA) is 32.8 Å². The normalized spacial score (nSPS) is 23.6. The summed E-state index contributed by atoms with van der Waals surface area (Å²) in [5.74, 6) is -2.93. The van der Waals surface area contributed by atoms with Crippen molar-refractivity contribution in [2.24, 2.45) is 5.92 Å². The number of fused-ring (bicyclic) bond motifs is 3. The molecule has 1 amide bonds. The van der Waals surface area contributed by atoms with Crippen LogP contribution in [0.1, 0.15) is 24.0 Å². The molecule has 5 rings (SSSR count). The molecule has 3 aliphatic rings. The van der Waals surface area contributed by atoms with E-state index >= 15 is 0 Å². The van der Waals surface area contributed by atoms with Gasteiger partial charge in [0.15, 0.2) is 11.6 Å². The zero-order chi connectivity index (χ0) is 19.7. The molecule has 3 saturated heterocycles. The van der Waals surface area contributed by atoms with E-state index in [-0.39, 0.29) is 24.8 Å². The van der Waals surface area contributed by atoms with E-state index in [0.29, 0.717) is 18.5 Å². The monoisotopic (exact) mass is 410 g/mol. The Morgan fingerprint density at radius 2 is 1.89 bits per heavy atom. The molecule has 3 aliphatic heterocycles. The Morgan fingerprint density at radius 3 is 2.54 bits per heavy atom. The van der Waals surface area contributed by atoms with Crippen LogP contribution < -0.4 is 0 Å². The number of piperidine rings is 3. The third-order valence-electron chi connectivity index (χ3n) is 5.51. The third kappa shape index (κ3) is 4.17. The van der Waals surface area contributed by atoms with Crippen molar-refractivity contribution < 1.29 is 22.7 Å². The molecule has 8 heteroatoms. The maximum atomic E-state index is 14.1. The number of hydrogen-bond acceptors (Lipinski definition) is 4. The second-order valence-corrected chi connectivity index (χ2v) is 8.19. The van der Waals surface area contributed by atoms with Crippen molar-refractivity contribution in [1.82, 2.24) is 9.80 Å². The van der Waals surface area contributed by atoms with E-state index in [1.165, 1.54) is 16.2 Å². The van der Waals surface area contributed by atoms with Gasteiger partial charge in [-0.2, -0.15) is 11.3 Å². The van der Waals surface area contributed by atoms with Crippen LogP contribution in [0.2, 0.25) is 0 Å². The van der Waals surface area contributed by atoms with Crippen LogP contribution in [-0.2, 0) is 17.8 Å². The van der Waals surface area contributed by atoms with Crippen molar-refractivity contribution in [2.45, 2.75) is 32.0 Å². The molecule has 1 aromatic heterocycles. The number of amides is 1. The summed E-state index contributed by atoms with van der Waals surface area (Å²) in [5, 5.41) is 3.76. The zero-order valence-corrected chi connectivity index (χ0v) is 16.1. The highest BCUT2D eigenvalue weighted by molar-refractivity contribution is 7.07. The number of thiophene rings is 1. The van der Waals surface area contributed by atoms with Crippen molar-refractivity contribution in [3.8, 4) is 0 Å². The molecule has 4 nitrogen and oxygen atoms in total. The van der Waals surface area contributed by atoms with Gasteiger partial charge in [-0.1, -0.05) is 0 Å². The third-order valence-corrected chi connectivity index (χ3v) is 6.24. The molecule has 1 atom stereocenters. The van der Waals surface area contributed by atoms with E-state index in [2.05, 4.69) is 4.90 Å². The summed E-state index contributed by atoms with van der Waals surface area (Å²) < 4.78 is 46.7. The van der Waals surface area contributed by atoms with E-state index in [4.69, 9.17) is 4.74 Å². The highest BCUT2D eigenvalue weighted by Crippen LogP contribution is 2.30. The van der Waals surface area contributed by atoms with Crippen molar-refractivity contribution in [2.75, 3.05) is 19.6 Å². The van der Waals surface area contributed by atoms with Crippen LogP contribution in [0.5, 0.6) is 0 Å². The molecule has 4 heterocycles. The first-order valence-electron chi connectivity index (χ1n) is 9.32. The van der Waals surface area contributed by atoms with E-state index < -0.39 is 23.5 Å². The molecule has 0 aliphatic carbocycles. The minimum atomic E-state index is -1.25. The van der Waals surface area contributed by atoms with E-state index in [1.807, 2.05) is 16.8 Å². The van der Waals surface area contributed by atoms with Gasteiger partial charge in [-0.05, 0) is 60.3 Å². The van der Waals surface area contributed by atoms with Crippen LogP contribution in [-0.4, -0.2) is 41.6 Å². The van der Waals surface area contributed by atoms with Gasteiger partial charge in [-0.3, -0.25) is 9.80 Å². The smallest absolute Gasteiger partial charge is 0.410 e. The van der Waals surface area contributed by atoms with Crippen molar-refractivity contribution in [1.29, 1.82) is 0 Å². The molecule has 1 aromatic carbocycles. The Kier molecular flexibility index (Phi) is 5.59. The first-order valence-corrected chi connectivity index (χ1v) is 10.3. The molecule has 2 bridgehead atoms. The number of halogens is 3. The van der Waals surface area contributed by atoms with E-state index in [0.717, 1.165) is 37.6 Å². The summed E-state index contributed by atoms with van der Waals surface area (Å²) in [6.07, 6.45) is 1.25. The molecule has 3 fully saturated rings. The summed E-state index contributed by atoms with van der Waals surface area (Å²) in [7, 11) is 0. The van der Waals surface area contributed by atoms with Gasteiger partial charge in [0.05, 0.1) is 13.1 Å². The minimum Gasteiger partial charge on any atom is -0.444 e. The number of carbonyl (C=O) groups excluding carboxylic acids is 1. The zero-order valence-electron chi connectivity index (χ0n) is 15.2. The number of ether oxygens (including phenoxy) is 1. The lowest BCUT2D eigenvalue weighted by atomic mass is 9.86. The Bertz CT molecular complexity index is 838. The highest BCUT2D eigenvalue weighted by Gasteiger charge is 2.37. The predicted molar refractivity (Wildman–Crippen MR) is 99.3 cm³/mol. The van der Waals surface area contributed by atoms with Crippen molar-refractivity contribution >= 4 is 17.4 Å². The minimum absolute atomic E-state index is 0.0833. The largest absolute Gasteiger partial charge is 0.444 e. The van der Waals surface area contributed by atoms with Crippen molar-refractivity contribution in [3.05, 3.63) is 57.5 Å². The van der Waals surface area contributed by atoms with Crippen LogP contribution in [0.3, 0.4) is 0 Å². The molecule has 2 aromatic rings. The SMILES string of the molecule is O=C(O[C@H]1CN2CCC1CC2)N(Cc1ccsc1)Cc1cc(F)c(F)cc1F. The van der Waals surface area contributed by atoms with Gasteiger partial charge in [-0.25, -0.2) is 18.0 Å². The van der Waals surface area contributed by atoms with Gasteiger partial charge in [0, 0.05) is 18.2 Å². The number of benzene rings is 1. The molecular weight excluding hydrogens is 389 g/mol. The van der Waals surface area contributed by atoms with Crippen molar-refractivity contribution in [3.63, 3.8) is 0 Å². The molecule has 0 radical (unpaired) electrons. The number of hydrogen-bond donors (Lipinski definition) is 0. The molecule has 0 spiro atoms. The second kappa shape index (κ2) is 8.13. The quantitative estimate of drug-likeness (QED) is 0.685. The van der Waals surface area contributed by atoms with Gasteiger partial charge in [0.25, 0.3) is 0 Å². The Labute approximate surface area is 165 Å². The number of rotatable bonds is 5. The summed E-state index contributed by atoms with van der Waals surface area (Å²) in [6, 6.07) is 3.17. The molecule has 0 unspecified atom stereocenters. The summed E-state index contributed by atoms with van der Waals surface area (Å²) in [5.41, 5.74) is 0.791. The molecule has 150 valence electrons. The number of nitrogens with zero attached hydrogens (tertiary/aromatic N) is 2. The van der Waals surface area contributed by atoms with Crippen LogP contribution in [0.15, 0.2) is 29.0 Å². The van der Waals surface area contributed by atoms with Crippen LogP contribution in [0.4, 0.5) is 18.0 Å². The van der Waals surface area contributed by atoms with Crippen LogP contribution in [0.25, 0.3) is 0 Å². The second-order valence-electron chi connectivity index (χ2n) is 7.41. The van der Waals surface area contributed by atoms with Gasteiger partial charge in [0.1, 0.15) is 11.9 Å². The Hall–Kier alpha value is -2.06. The summed E-state index contributed by atoms with van der Waals surface area (Å²) in [4.78, 5) is 16.5. The summed E-state index contributed by atoms with van der Waals surface area (Å²) in [6.45, 7) is 2.78. The van der Waals surface area contributed by atoms with Gasteiger partial charge < -0.3 is 4.74 Å². The molecule has 28 heavy (non-hydrogen) atoms. The molecule has 0 N–H and O–H groups in total. The lowest BCUT2D eigenvalue weighted by molar-refractivity contribution is -0.0450. The standard InChI is InChI=1S/C20H21F3N2O2S/c21-16-8-18(23)17(22)7-15(16)10-25(9-13-3-6-28-12-13)20(26)27-19-11-24-4-1-14(19)2-5-24/h3,6-8,12,14,19H,1-2,4-5,9-11H2/t19-/m0/s1. The maximum Gasteiger partial charge on any atom is 0.410 e. The molecule has 0 saturated carbocycles. The first-order chi connectivity index (χ1) is 13.5. The Balaban J connectivity index is 1.51. The van der Waals surface area contributed by atoms with E-state index in [9.17, 15) is 18.0 Å². The molecular formula is C20H21F3N2O2S. The lowest BCUT2D eigenvalue weighted by Crippen LogP contribution is -2.52. The average molecular weight is 410 g/mol. The fourth-order valence-corrected chi connectivity index (χ4v) is 4.59. The van der Waals surface area contributed by atoms with Crippen LogP contribution in [0, 0.1) is 23.4 Å². The first kappa shape index (κ1) is 19.3. The summed E-state index contributed by atoms with van der Waals surface area (Å²) >= 11 is 1.48. The fourth-order valence-electron chi connectivity index (χ4n) is 3.93. The maximum absolute atomic E-state index is 14.1. The van der Waals surface area contributed by atoms with E-state index in [1.54, 1.807) is 0 Å². The van der Waals surface area contributed by atoms with Gasteiger partial charge >= 0.3 is 6.09 Å². The number of carbonyl (C=O) groups is 1. The van der Waals surface area contributed by atoms with Crippen LogP contribution >= 0.6 is 11.3 Å². The Morgan fingerprint density at radius 1 is 1.14 bits per heavy atom. The average Bonchev–Trinajstić information content (AvgIpc) is 3.19. The van der Waals surface area contributed by atoms with Gasteiger partial charge in [0.2, 0.25) is 0 Å².